The predicted molar refractivity (Wildman–Crippen MR) is 90.8 cm³/mol. The van der Waals surface area contributed by atoms with Crippen molar-refractivity contribution in [3.8, 4) is 11.5 Å². The SMILES string of the molecule is COc1ccc(C(CN)CCOc2ccc(C)c(C)c2)cc1. The molecule has 0 aromatic heterocycles. The molecule has 0 aliphatic rings. The van der Waals surface area contributed by atoms with E-state index in [1.165, 1.54) is 16.7 Å². The van der Waals surface area contributed by atoms with Crippen LogP contribution in [0.15, 0.2) is 42.5 Å². The molecule has 3 heteroatoms. The maximum Gasteiger partial charge on any atom is 0.119 e. The minimum Gasteiger partial charge on any atom is -0.497 e. The average Bonchev–Trinajstić information content (AvgIpc) is 2.55. The molecular formula is C19H25NO2. The third-order valence-corrected chi connectivity index (χ3v) is 4.09. The molecule has 0 radical (unpaired) electrons. The minimum absolute atomic E-state index is 0.303. The van der Waals surface area contributed by atoms with Gasteiger partial charge in [0.05, 0.1) is 13.7 Å². The van der Waals surface area contributed by atoms with Crippen molar-refractivity contribution in [3.05, 3.63) is 59.2 Å². The molecule has 0 aliphatic heterocycles. The summed E-state index contributed by atoms with van der Waals surface area (Å²) in [6, 6.07) is 14.3. The van der Waals surface area contributed by atoms with Crippen LogP contribution >= 0.6 is 0 Å². The maximum absolute atomic E-state index is 5.91. The van der Waals surface area contributed by atoms with E-state index >= 15 is 0 Å². The number of rotatable bonds is 7. The Labute approximate surface area is 133 Å². The molecule has 0 saturated carbocycles. The largest absolute Gasteiger partial charge is 0.497 e. The van der Waals surface area contributed by atoms with Crippen molar-refractivity contribution >= 4 is 0 Å². The molecule has 2 rings (SSSR count). The summed E-state index contributed by atoms with van der Waals surface area (Å²) in [7, 11) is 1.67. The van der Waals surface area contributed by atoms with Crippen LogP contribution in [0.2, 0.25) is 0 Å². The number of hydrogen-bond donors (Lipinski definition) is 1. The number of methoxy groups -OCH3 is 1. The van der Waals surface area contributed by atoms with Gasteiger partial charge in [0.25, 0.3) is 0 Å². The predicted octanol–water partition coefficient (Wildman–Crippen LogP) is 3.82. The minimum atomic E-state index is 0.303. The van der Waals surface area contributed by atoms with Crippen molar-refractivity contribution in [2.75, 3.05) is 20.3 Å². The Morgan fingerprint density at radius 3 is 2.23 bits per heavy atom. The highest BCUT2D eigenvalue weighted by Gasteiger charge is 2.10. The summed E-state index contributed by atoms with van der Waals surface area (Å²) in [5.74, 6) is 2.09. The van der Waals surface area contributed by atoms with E-state index in [1.807, 2.05) is 18.2 Å². The fourth-order valence-corrected chi connectivity index (χ4v) is 2.42. The Kier molecular flexibility index (Phi) is 5.84. The molecule has 0 fully saturated rings. The molecule has 0 amide bonds. The standard InChI is InChI=1S/C19H25NO2/c1-14-4-7-19(12-15(14)2)22-11-10-17(13-20)16-5-8-18(21-3)9-6-16/h4-9,12,17H,10-11,13,20H2,1-3H3. The summed E-state index contributed by atoms with van der Waals surface area (Å²) in [5.41, 5.74) is 9.68. The van der Waals surface area contributed by atoms with E-state index in [0.29, 0.717) is 19.1 Å². The van der Waals surface area contributed by atoms with E-state index in [4.69, 9.17) is 15.2 Å². The Hall–Kier alpha value is -2.00. The fourth-order valence-electron chi connectivity index (χ4n) is 2.42. The van der Waals surface area contributed by atoms with Crippen molar-refractivity contribution < 1.29 is 9.47 Å². The van der Waals surface area contributed by atoms with Crippen molar-refractivity contribution in [2.24, 2.45) is 5.73 Å². The van der Waals surface area contributed by atoms with Crippen LogP contribution in [0.1, 0.15) is 29.0 Å². The van der Waals surface area contributed by atoms with Crippen LogP contribution in [0.5, 0.6) is 11.5 Å². The summed E-state index contributed by atoms with van der Waals surface area (Å²) >= 11 is 0. The summed E-state index contributed by atoms with van der Waals surface area (Å²) in [6.45, 7) is 5.48. The Morgan fingerprint density at radius 2 is 1.64 bits per heavy atom. The first kappa shape index (κ1) is 16.4. The van der Waals surface area contributed by atoms with E-state index in [1.54, 1.807) is 7.11 Å². The van der Waals surface area contributed by atoms with Crippen molar-refractivity contribution in [2.45, 2.75) is 26.2 Å². The molecular weight excluding hydrogens is 274 g/mol. The number of hydrogen-bond acceptors (Lipinski definition) is 3. The van der Waals surface area contributed by atoms with Crippen molar-refractivity contribution in [1.82, 2.24) is 0 Å². The van der Waals surface area contributed by atoms with Gasteiger partial charge in [0.15, 0.2) is 0 Å². The first-order valence-corrected chi connectivity index (χ1v) is 7.68. The lowest BCUT2D eigenvalue weighted by Gasteiger charge is -2.16. The van der Waals surface area contributed by atoms with Crippen LogP contribution in [0.3, 0.4) is 0 Å². The second-order valence-corrected chi connectivity index (χ2v) is 5.59. The molecule has 2 aromatic carbocycles. The van der Waals surface area contributed by atoms with Gasteiger partial charge in [-0.15, -0.1) is 0 Å². The van der Waals surface area contributed by atoms with Crippen molar-refractivity contribution in [3.63, 3.8) is 0 Å². The zero-order chi connectivity index (χ0) is 15.9. The summed E-state index contributed by atoms with van der Waals surface area (Å²) in [4.78, 5) is 0. The van der Waals surface area contributed by atoms with Gasteiger partial charge in [-0.25, -0.2) is 0 Å². The molecule has 2 N–H and O–H groups in total. The van der Waals surface area contributed by atoms with Gasteiger partial charge in [-0.05, 0) is 73.7 Å². The molecule has 0 heterocycles. The first-order valence-electron chi connectivity index (χ1n) is 7.68. The van der Waals surface area contributed by atoms with Crippen LogP contribution in [-0.2, 0) is 0 Å². The number of ether oxygens (including phenoxy) is 2. The van der Waals surface area contributed by atoms with Crippen LogP contribution < -0.4 is 15.2 Å². The van der Waals surface area contributed by atoms with Gasteiger partial charge >= 0.3 is 0 Å². The van der Waals surface area contributed by atoms with Gasteiger partial charge in [-0.1, -0.05) is 18.2 Å². The lowest BCUT2D eigenvalue weighted by Crippen LogP contribution is -2.15. The molecule has 118 valence electrons. The topological polar surface area (TPSA) is 44.5 Å². The third-order valence-electron chi connectivity index (χ3n) is 4.09. The van der Waals surface area contributed by atoms with Gasteiger partial charge in [0.1, 0.15) is 11.5 Å². The van der Waals surface area contributed by atoms with Crippen LogP contribution in [0.4, 0.5) is 0 Å². The lowest BCUT2D eigenvalue weighted by molar-refractivity contribution is 0.298. The molecule has 1 unspecified atom stereocenters. The first-order chi connectivity index (χ1) is 10.6. The zero-order valence-corrected chi connectivity index (χ0v) is 13.6. The number of aryl methyl sites for hydroxylation is 2. The molecule has 0 spiro atoms. The zero-order valence-electron chi connectivity index (χ0n) is 13.6. The molecule has 22 heavy (non-hydrogen) atoms. The van der Waals surface area contributed by atoms with Crippen LogP contribution in [0.25, 0.3) is 0 Å². The molecule has 0 bridgehead atoms. The molecule has 1 atom stereocenters. The van der Waals surface area contributed by atoms with Gasteiger partial charge in [0.2, 0.25) is 0 Å². The van der Waals surface area contributed by atoms with E-state index < -0.39 is 0 Å². The average molecular weight is 299 g/mol. The molecule has 0 aliphatic carbocycles. The fraction of sp³-hybridized carbons (Fsp3) is 0.368. The van der Waals surface area contributed by atoms with Crippen LogP contribution in [-0.4, -0.2) is 20.3 Å². The van der Waals surface area contributed by atoms with Crippen molar-refractivity contribution in [1.29, 1.82) is 0 Å². The summed E-state index contributed by atoms with van der Waals surface area (Å²) < 4.78 is 11.0. The maximum atomic E-state index is 5.91. The number of benzene rings is 2. The van der Waals surface area contributed by atoms with E-state index in [0.717, 1.165) is 17.9 Å². The number of nitrogens with two attached hydrogens (primary N) is 1. The van der Waals surface area contributed by atoms with Gasteiger partial charge in [0, 0.05) is 0 Å². The van der Waals surface area contributed by atoms with Gasteiger partial charge in [-0.2, -0.15) is 0 Å². The van der Waals surface area contributed by atoms with E-state index in [9.17, 15) is 0 Å². The normalized spacial score (nSPS) is 12.0. The third kappa shape index (κ3) is 4.25. The second-order valence-electron chi connectivity index (χ2n) is 5.59. The Bertz CT molecular complexity index is 593. The molecule has 3 nitrogen and oxygen atoms in total. The Balaban J connectivity index is 1.91. The van der Waals surface area contributed by atoms with Gasteiger partial charge < -0.3 is 15.2 Å². The summed E-state index contributed by atoms with van der Waals surface area (Å²) in [5, 5.41) is 0. The second kappa shape index (κ2) is 7.85. The monoisotopic (exact) mass is 299 g/mol. The molecule has 0 saturated heterocycles. The molecule has 2 aromatic rings. The van der Waals surface area contributed by atoms with Crippen LogP contribution in [0, 0.1) is 13.8 Å². The highest BCUT2D eigenvalue weighted by molar-refractivity contribution is 5.34. The van der Waals surface area contributed by atoms with E-state index in [2.05, 4.69) is 38.1 Å². The van der Waals surface area contributed by atoms with Gasteiger partial charge in [-0.3, -0.25) is 0 Å². The Morgan fingerprint density at radius 1 is 0.955 bits per heavy atom. The highest BCUT2D eigenvalue weighted by atomic mass is 16.5. The summed E-state index contributed by atoms with van der Waals surface area (Å²) in [6.07, 6.45) is 0.899. The lowest BCUT2D eigenvalue weighted by atomic mass is 9.96. The quantitative estimate of drug-likeness (QED) is 0.845. The highest BCUT2D eigenvalue weighted by Crippen LogP contribution is 2.23. The van der Waals surface area contributed by atoms with E-state index in [-0.39, 0.29) is 0 Å². The smallest absolute Gasteiger partial charge is 0.119 e.